The van der Waals surface area contributed by atoms with Gasteiger partial charge in [-0.05, 0) is 47.2 Å². The van der Waals surface area contributed by atoms with Crippen molar-refractivity contribution in [3.63, 3.8) is 0 Å². The molecule has 3 aromatic rings. The molecule has 0 atom stereocenters. The quantitative estimate of drug-likeness (QED) is 0.506. The van der Waals surface area contributed by atoms with Crippen LogP contribution in [0.2, 0.25) is 0 Å². The van der Waals surface area contributed by atoms with Gasteiger partial charge in [0, 0.05) is 12.5 Å². The highest BCUT2D eigenvalue weighted by atomic mass is 16.7. The molecule has 1 N–H and O–H groups in total. The fourth-order valence-corrected chi connectivity index (χ4v) is 5.38. The van der Waals surface area contributed by atoms with Crippen LogP contribution in [0, 0.1) is 5.41 Å². The van der Waals surface area contributed by atoms with Gasteiger partial charge in [-0.3, -0.25) is 9.59 Å². The molecule has 0 aromatic heterocycles. The second-order valence-electron chi connectivity index (χ2n) is 9.64. The fourth-order valence-electron chi connectivity index (χ4n) is 5.38. The van der Waals surface area contributed by atoms with Crippen LogP contribution in [0.3, 0.4) is 0 Å². The largest absolute Gasteiger partial charge is 0.449 e. The molecule has 0 bridgehead atoms. The van der Waals surface area contributed by atoms with Gasteiger partial charge in [-0.25, -0.2) is 9.59 Å². The van der Waals surface area contributed by atoms with Crippen LogP contribution in [-0.4, -0.2) is 42.1 Å². The maximum absolute atomic E-state index is 13.0. The lowest BCUT2D eigenvalue weighted by molar-refractivity contribution is -0.186. The van der Waals surface area contributed by atoms with E-state index in [1.165, 1.54) is 12.1 Å². The lowest BCUT2D eigenvalue weighted by Crippen LogP contribution is -2.51. The third-order valence-electron chi connectivity index (χ3n) is 7.59. The van der Waals surface area contributed by atoms with E-state index in [2.05, 4.69) is 17.4 Å². The minimum atomic E-state index is -1.01. The summed E-state index contributed by atoms with van der Waals surface area (Å²) in [6.07, 6.45) is 1.07. The summed E-state index contributed by atoms with van der Waals surface area (Å²) in [5.41, 5.74) is 3.86. The first-order valence-corrected chi connectivity index (χ1v) is 12.3. The number of alkyl carbamates (subject to hydrolysis) is 1. The molecule has 3 amide bonds. The Bertz CT molecular complexity index is 1360. The van der Waals surface area contributed by atoms with Gasteiger partial charge in [-0.15, -0.1) is 0 Å². The predicted octanol–water partition coefficient (Wildman–Crippen LogP) is 4.45. The van der Waals surface area contributed by atoms with Crippen molar-refractivity contribution >= 4 is 23.9 Å². The van der Waals surface area contributed by atoms with Crippen LogP contribution < -0.4 is 5.32 Å². The number of rotatable bonds is 6. The molecule has 2 aliphatic carbocycles. The summed E-state index contributed by atoms with van der Waals surface area (Å²) in [6, 6.07) is 22.4. The molecule has 1 fully saturated rings. The van der Waals surface area contributed by atoms with Crippen molar-refractivity contribution in [3.05, 3.63) is 95.1 Å². The molecule has 0 unspecified atom stereocenters. The smallest absolute Gasteiger partial charge is 0.407 e. The molecule has 0 saturated heterocycles. The van der Waals surface area contributed by atoms with Crippen LogP contribution in [0.5, 0.6) is 0 Å². The van der Waals surface area contributed by atoms with Gasteiger partial charge in [0.2, 0.25) is 0 Å². The molecule has 8 heteroatoms. The Labute approximate surface area is 213 Å². The van der Waals surface area contributed by atoms with E-state index in [-0.39, 0.29) is 30.2 Å². The number of amides is 3. The summed E-state index contributed by atoms with van der Waals surface area (Å²) in [4.78, 5) is 56.1. The van der Waals surface area contributed by atoms with Crippen LogP contribution in [0.25, 0.3) is 11.1 Å². The zero-order valence-corrected chi connectivity index (χ0v) is 19.9. The van der Waals surface area contributed by atoms with Gasteiger partial charge in [-0.1, -0.05) is 72.1 Å². The van der Waals surface area contributed by atoms with Crippen molar-refractivity contribution in [2.75, 3.05) is 13.2 Å². The summed E-state index contributed by atoms with van der Waals surface area (Å²) in [7, 11) is 0. The van der Waals surface area contributed by atoms with Gasteiger partial charge in [0.15, 0.2) is 0 Å². The van der Waals surface area contributed by atoms with Gasteiger partial charge in [0.1, 0.15) is 6.61 Å². The van der Waals surface area contributed by atoms with E-state index in [4.69, 9.17) is 9.57 Å². The number of carbonyl (C=O) groups is 4. The minimum Gasteiger partial charge on any atom is -0.449 e. The zero-order chi connectivity index (χ0) is 25.6. The Morgan fingerprint density at radius 1 is 0.811 bits per heavy atom. The average Bonchev–Trinajstić information content (AvgIpc) is 3.34. The van der Waals surface area contributed by atoms with E-state index < -0.39 is 29.3 Å². The van der Waals surface area contributed by atoms with E-state index in [9.17, 15) is 19.2 Å². The number of ether oxygens (including phenoxy) is 1. The third-order valence-corrected chi connectivity index (χ3v) is 7.59. The summed E-state index contributed by atoms with van der Waals surface area (Å²) in [6.45, 7) is 0.151. The van der Waals surface area contributed by atoms with Gasteiger partial charge < -0.3 is 14.9 Å². The number of imide groups is 1. The number of hydrogen-bond donors (Lipinski definition) is 1. The van der Waals surface area contributed by atoms with E-state index in [1.54, 1.807) is 12.1 Å². The van der Waals surface area contributed by atoms with Crippen LogP contribution in [0.1, 0.15) is 57.0 Å². The minimum absolute atomic E-state index is 0.00826. The van der Waals surface area contributed by atoms with Crippen LogP contribution in [0.4, 0.5) is 4.79 Å². The van der Waals surface area contributed by atoms with Gasteiger partial charge in [0.05, 0.1) is 16.5 Å². The third kappa shape index (κ3) is 3.76. The number of nitrogens with one attached hydrogen (secondary N) is 1. The summed E-state index contributed by atoms with van der Waals surface area (Å²) in [5.74, 6) is -2.14. The molecule has 1 aliphatic heterocycles. The number of carbonyl (C=O) groups excluding carboxylic acids is 4. The number of hydroxylamine groups is 2. The number of hydrogen-bond acceptors (Lipinski definition) is 6. The number of fused-ring (bicyclic) bond motifs is 4. The second kappa shape index (κ2) is 8.89. The molecule has 1 saturated carbocycles. The Balaban J connectivity index is 1.08. The SMILES string of the molecule is O=C(NCC1(C(=O)ON2C(=O)c3ccccc3C2=O)CCC1)OCC1c2ccccc2-c2ccccc21. The van der Waals surface area contributed by atoms with Crippen molar-refractivity contribution in [1.29, 1.82) is 0 Å². The van der Waals surface area contributed by atoms with Crippen molar-refractivity contribution in [2.24, 2.45) is 5.41 Å². The fraction of sp³-hybridized carbons (Fsp3) is 0.241. The second-order valence-corrected chi connectivity index (χ2v) is 9.64. The lowest BCUT2D eigenvalue weighted by atomic mass is 9.69. The van der Waals surface area contributed by atoms with Gasteiger partial charge in [-0.2, -0.15) is 0 Å². The van der Waals surface area contributed by atoms with Crippen molar-refractivity contribution in [1.82, 2.24) is 10.4 Å². The monoisotopic (exact) mass is 496 g/mol. The molecule has 1 heterocycles. The topological polar surface area (TPSA) is 102 Å². The van der Waals surface area contributed by atoms with Crippen molar-refractivity contribution in [2.45, 2.75) is 25.2 Å². The number of nitrogens with zero attached hydrogens (tertiary/aromatic N) is 1. The summed E-state index contributed by atoms with van der Waals surface area (Å²) >= 11 is 0. The van der Waals surface area contributed by atoms with Crippen LogP contribution in [0.15, 0.2) is 72.8 Å². The van der Waals surface area contributed by atoms with E-state index >= 15 is 0 Å². The highest BCUT2D eigenvalue weighted by molar-refractivity contribution is 6.21. The van der Waals surface area contributed by atoms with Crippen LogP contribution in [-0.2, 0) is 14.4 Å². The normalized spacial score (nSPS) is 16.9. The summed E-state index contributed by atoms with van der Waals surface area (Å²) < 4.78 is 5.57. The first kappa shape index (κ1) is 23.0. The first-order chi connectivity index (χ1) is 18.0. The van der Waals surface area contributed by atoms with Gasteiger partial charge >= 0.3 is 12.1 Å². The Kier molecular flexibility index (Phi) is 5.52. The molecule has 8 nitrogen and oxygen atoms in total. The standard InChI is InChI=1S/C29H24N2O6/c32-25-22-12-5-6-13-23(22)26(33)31(25)37-27(34)29(14-7-15-29)17-30-28(35)36-16-24-20-10-3-1-8-18(20)19-9-2-4-11-21(19)24/h1-6,8-13,24H,7,14-17H2,(H,30,35). The average molecular weight is 497 g/mol. The predicted molar refractivity (Wildman–Crippen MR) is 132 cm³/mol. The van der Waals surface area contributed by atoms with Crippen LogP contribution >= 0.6 is 0 Å². The Morgan fingerprint density at radius 2 is 1.32 bits per heavy atom. The molecule has 6 rings (SSSR count). The van der Waals surface area contributed by atoms with Gasteiger partial charge in [0.25, 0.3) is 11.8 Å². The highest BCUT2D eigenvalue weighted by Crippen LogP contribution is 2.45. The van der Waals surface area contributed by atoms with E-state index in [0.717, 1.165) is 28.7 Å². The maximum Gasteiger partial charge on any atom is 0.407 e. The molecular weight excluding hydrogens is 472 g/mol. The molecular formula is C29H24N2O6. The first-order valence-electron chi connectivity index (χ1n) is 12.3. The maximum atomic E-state index is 13.0. The van der Waals surface area contributed by atoms with Crippen molar-refractivity contribution < 1.29 is 28.8 Å². The summed E-state index contributed by atoms with van der Waals surface area (Å²) in [5, 5.41) is 3.21. The molecule has 3 aromatic carbocycles. The number of benzene rings is 3. The molecule has 186 valence electrons. The molecule has 0 spiro atoms. The Morgan fingerprint density at radius 3 is 1.84 bits per heavy atom. The highest BCUT2D eigenvalue weighted by Gasteiger charge is 2.49. The molecule has 3 aliphatic rings. The van der Waals surface area contributed by atoms with E-state index in [0.29, 0.717) is 17.9 Å². The lowest BCUT2D eigenvalue weighted by Gasteiger charge is -2.39. The molecule has 37 heavy (non-hydrogen) atoms. The Hall–Kier alpha value is -4.46. The van der Waals surface area contributed by atoms with Crippen molar-refractivity contribution in [3.8, 4) is 11.1 Å². The zero-order valence-electron chi connectivity index (χ0n) is 19.9. The molecule has 0 radical (unpaired) electrons. The van der Waals surface area contributed by atoms with E-state index in [1.807, 2.05) is 36.4 Å².